The van der Waals surface area contributed by atoms with Crippen LogP contribution >= 0.6 is 0 Å². The van der Waals surface area contributed by atoms with Gasteiger partial charge in [0.15, 0.2) is 0 Å². The highest BCUT2D eigenvalue weighted by Gasteiger charge is 2.36. The molecule has 0 saturated heterocycles. The summed E-state index contributed by atoms with van der Waals surface area (Å²) in [4.78, 5) is 3.26. The number of hydrogen-bond acceptors (Lipinski definition) is 2. The zero-order chi connectivity index (χ0) is 16.5. The summed E-state index contributed by atoms with van der Waals surface area (Å²) in [5.74, 6) is 0. The van der Waals surface area contributed by atoms with Gasteiger partial charge in [0.25, 0.3) is 0 Å². The van der Waals surface area contributed by atoms with Gasteiger partial charge in [-0.25, -0.2) is 4.98 Å². The number of alkyl halides is 6. The highest BCUT2D eigenvalue weighted by Crippen LogP contribution is 2.38. The lowest BCUT2D eigenvalue weighted by Gasteiger charge is -2.14. The maximum Gasteiger partial charge on any atom is 0.433 e. The number of aromatic nitrogens is 1. The molecule has 2 aromatic rings. The predicted octanol–water partition coefficient (Wildman–Crippen LogP) is 4.28. The number of pyridine rings is 1. The Kier molecular flexibility index (Phi) is 4.15. The first-order chi connectivity index (χ1) is 10.1. The highest BCUT2D eigenvalue weighted by atomic mass is 19.4. The van der Waals surface area contributed by atoms with E-state index in [2.05, 4.69) is 4.98 Å². The number of halogens is 6. The van der Waals surface area contributed by atoms with Crippen LogP contribution in [0.5, 0.6) is 0 Å². The molecule has 0 aliphatic carbocycles. The number of nitrogens with zero attached hydrogens (tertiary/aromatic N) is 1. The van der Waals surface area contributed by atoms with E-state index < -0.39 is 41.5 Å². The first-order valence-electron chi connectivity index (χ1n) is 5.98. The molecule has 0 bridgehead atoms. The van der Waals surface area contributed by atoms with Crippen LogP contribution in [0.2, 0.25) is 0 Å². The summed E-state index contributed by atoms with van der Waals surface area (Å²) in [5.41, 5.74) is -3.59. The normalized spacial score (nSPS) is 12.5. The van der Waals surface area contributed by atoms with Gasteiger partial charge in [-0.1, -0.05) is 18.2 Å². The van der Waals surface area contributed by atoms with E-state index in [-0.39, 0.29) is 5.56 Å². The van der Waals surface area contributed by atoms with Gasteiger partial charge in [0.2, 0.25) is 0 Å². The molecule has 8 heteroatoms. The molecule has 1 aromatic carbocycles. The van der Waals surface area contributed by atoms with E-state index in [0.717, 1.165) is 24.3 Å². The maximum absolute atomic E-state index is 13.0. The standard InChI is InChI=1S/C14H9F6NO/c15-13(16,17)10-4-2-1-3-9(10)11-5-8(7-22)6-12(21-11)14(18,19)20/h1-6,22H,7H2. The fraction of sp³-hybridized carbons (Fsp3) is 0.214. The van der Waals surface area contributed by atoms with Crippen LogP contribution in [0.25, 0.3) is 11.3 Å². The Bertz CT molecular complexity index is 678. The molecule has 0 aliphatic rings. The van der Waals surface area contributed by atoms with E-state index in [1.807, 2.05) is 0 Å². The highest BCUT2D eigenvalue weighted by molar-refractivity contribution is 5.65. The summed E-state index contributed by atoms with van der Waals surface area (Å²) >= 11 is 0. The van der Waals surface area contributed by atoms with Crippen molar-refractivity contribution < 1.29 is 31.4 Å². The second kappa shape index (κ2) is 5.60. The predicted molar refractivity (Wildman–Crippen MR) is 65.6 cm³/mol. The molecule has 0 fully saturated rings. The average Bonchev–Trinajstić information content (AvgIpc) is 2.45. The number of rotatable bonds is 2. The lowest BCUT2D eigenvalue weighted by atomic mass is 10.0. The molecule has 2 rings (SSSR count). The van der Waals surface area contributed by atoms with E-state index in [1.165, 1.54) is 6.07 Å². The average molecular weight is 321 g/mol. The minimum absolute atomic E-state index is 0.172. The summed E-state index contributed by atoms with van der Waals surface area (Å²) in [6.07, 6.45) is -9.56. The molecule has 0 amide bonds. The van der Waals surface area contributed by atoms with Crippen molar-refractivity contribution in [1.29, 1.82) is 0 Å². The van der Waals surface area contributed by atoms with E-state index in [9.17, 15) is 26.3 Å². The van der Waals surface area contributed by atoms with Gasteiger partial charge in [0.1, 0.15) is 5.69 Å². The lowest BCUT2D eigenvalue weighted by Crippen LogP contribution is -2.11. The SMILES string of the molecule is OCc1cc(-c2ccccc2C(F)(F)F)nc(C(F)(F)F)c1. The van der Waals surface area contributed by atoms with Crippen LogP contribution < -0.4 is 0 Å². The number of aliphatic hydroxyl groups excluding tert-OH is 1. The third kappa shape index (κ3) is 3.38. The van der Waals surface area contributed by atoms with Crippen molar-refractivity contribution in [2.45, 2.75) is 19.0 Å². The Morgan fingerprint density at radius 3 is 2.09 bits per heavy atom. The third-order valence-corrected chi connectivity index (χ3v) is 2.87. The van der Waals surface area contributed by atoms with E-state index in [0.29, 0.717) is 6.07 Å². The summed E-state index contributed by atoms with van der Waals surface area (Å²) in [6, 6.07) is 5.79. The Hall–Kier alpha value is -2.09. The second-order valence-corrected chi connectivity index (χ2v) is 4.45. The summed E-state index contributed by atoms with van der Waals surface area (Å²) in [7, 11) is 0. The molecule has 1 heterocycles. The van der Waals surface area contributed by atoms with Crippen molar-refractivity contribution in [1.82, 2.24) is 4.98 Å². The molecule has 118 valence electrons. The molecule has 0 atom stereocenters. The zero-order valence-electron chi connectivity index (χ0n) is 10.8. The monoisotopic (exact) mass is 321 g/mol. The van der Waals surface area contributed by atoms with Crippen LogP contribution in [0.1, 0.15) is 16.8 Å². The van der Waals surface area contributed by atoms with E-state index in [4.69, 9.17) is 5.11 Å². The molecule has 0 unspecified atom stereocenters. The van der Waals surface area contributed by atoms with Crippen LogP contribution in [-0.2, 0) is 19.0 Å². The molecular formula is C14H9F6NO. The molecule has 2 nitrogen and oxygen atoms in total. The minimum atomic E-state index is -4.83. The van der Waals surface area contributed by atoms with E-state index in [1.54, 1.807) is 0 Å². The van der Waals surface area contributed by atoms with Crippen molar-refractivity contribution in [3.8, 4) is 11.3 Å². The van der Waals surface area contributed by atoms with Gasteiger partial charge in [-0.05, 0) is 23.8 Å². The molecular weight excluding hydrogens is 312 g/mol. The molecule has 0 radical (unpaired) electrons. The van der Waals surface area contributed by atoms with Gasteiger partial charge >= 0.3 is 12.4 Å². The minimum Gasteiger partial charge on any atom is -0.392 e. The first kappa shape index (κ1) is 16.3. The third-order valence-electron chi connectivity index (χ3n) is 2.87. The fourth-order valence-corrected chi connectivity index (χ4v) is 1.92. The molecule has 0 saturated carbocycles. The van der Waals surface area contributed by atoms with Gasteiger partial charge in [-0.3, -0.25) is 0 Å². The number of benzene rings is 1. The van der Waals surface area contributed by atoms with Crippen molar-refractivity contribution in [2.75, 3.05) is 0 Å². The first-order valence-corrected chi connectivity index (χ1v) is 5.98. The fourth-order valence-electron chi connectivity index (χ4n) is 1.92. The summed E-state index contributed by atoms with van der Waals surface area (Å²) in [6.45, 7) is -0.743. The Morgan fingerprint density at radius 1 is 0.909 bits per heavy atom. The van der Waals surface area contributed by atoms with Crippen molar-refractivity contribution in [3.05, 3.63) is 53.2 Å². The molecule has 0 spiro atoms. The Balaban J connectivity index is 2.68. The van der Waals surface area contributed by atoms with Crippen molar-refractivity contribution >= 4 is 0 Å². The van der Waals surface area contributed by atoms with Crippen LogP contribution in [0, 0.1) is 0 Å². The maximum atomic E-state index is 13.0. The summed E-state index contributed by atoms with van der Waals surface area (Å²) < 4.78 is 77.2. The van der Waals surface area contributed by atoms with Gasteiger partial charge in [0.05, 0.1) is 17.9 Å². The van der Waals surface area contributed by atoms with Crippen molar-refractivity contribution in [3.63, 3.8) is 0 Å². The van der Waals surface area contributed by atoms with E-state index >= 15 is 0 Å². The van der Waals surface area contributed by atoms with Crippen LogP contribution in [-0.4, -0.2) is 10.1 Å². The molecule has 0 aliphatic heterocycles. The number of aliphatic hydroxyl groups is 1. The molecule has 1 N–H and O–H groups in total. The smallest absolute Gasteiger partial charge is 0.392 e. The van der Waals surface area contributed by atoms with Gasteiger partial charge in [0, 0.05) is 5.56 Å². The van der Waals surface area contributed by atoms with Crippen LogP contribution in [0.3, 0.4) is 0 Å². The summed E-state index contributed by atoms with van der Waals surface area (Å²) in [5, 5.41) is 9.01. The van der Waals surface area contributed by atoms with Crippen LogP contribution in [0.15, 0.2) is 36.4 Å². The van der Waals surface area contributed by atoms with Crippen molar-refractivity contribution in [2.24, 2.45) is 0 Å². The van der Waals surface area contributed by atoms with Gasteiger partial charge < -0.3 is 5.11 Å². The number of hydrogen-bond donors (Lipinski definition) is 1. The molecule has 1 aromatic heterocycles. The molecule has 22 heavy (non-hydrogen) atoms. The van der Waals surface area contributed by atoms with Gasteiger partial charge in [-0.2, -0.15) is 26.3 Å². The lowest BCUT2D eigenvalue weighted by molar-refractivity contribution is -0.141. The quantitative estimate of drug-likeness (QED) is 0.838. The second-order valence-electron chi connectivity index (χ2n) is 4.45. The Morgan fingerprint density at radius 2 is 1.55 bits per heavy atom. The van der Waals surface area contributed by atoms with Gasteiger partial charge in [-0.15, -0.1) is 0 Å². The zero-order valence-corrected chi connectivity index (χ0v) is 10.8. The topological polar surface area (TPSA) is 33.1 Å². The Labute approximate surface area is 121 Å². The largest absolute Gasteiger partial charge is 0.433 e. The van der Waals surface area contributed by atoms with Crippen LogP contribution in [0.4, 0.5) is 26.3 Å².